The smallest absolute Gasteiger partial charge is 0.262 e. The molecule has 3 rings (SSSR count). The van der Waals surface area contributed by atoms with Gasteiger partial charge < -0.3 is 5.32 Å². The molecule has 3 aromatic rings. The highest BCUT2D eigenvalue weighted by molar-refractivity contribution is 8.00. The maximum Gasteiger partial charge on any atom is 0.262 e. The van der Waals surface area contributed by atoms with Gasteiger partial charge in [-0.25, -0.2) is 4.98 Å². The molecule has 0 aliphatic heterocycles. The van der Waals surface area contributed by atoms with Crippen LogP contribution in [0.4, 0.5) is 0 Å². The molecule has 1 amide bonds. The van der Waals surface area contributed by atoms with E-state index in [9.17, 15) is 9.59 Å². The Bertz CT molecular complexity index is 1040. The molecule has 0 saturated heterocycles. The molecular formula is C20H23N3O2S2. The van der Waals surface area contributed by atoms with Gasteiger partial charge in [0.05, 0.1) is 16.7 Å². The minimum absolute atomic E-state index is 0.0605. The number of nitrogens with one attached hydrogen (secondary N) is 1. The lowest BCUT2D eigenvalue weighted by atomic mass is 10.1. The van der Waals surface area contributed by atoms with E-state index in [0.29, 0.717) is 10.5 Å². The summed E-state index contributed by atoms with van der Waals surface area (Å²) in [6, 6.07) is 9.76. The lowest BCUT2D eigenvalue weighted by Crippen LogP contribution is -2.33. The van der Waals surface area contributed by atoms with Crippen LogP contribution < -0.4 is 10.9 Å². The molecule has 0 spiro atoms. The van der Waals surface area contributed by atoms with Gasteiger partial charge >= 0.3 is 0 Å². The van der Waals surface area contributed by atoms with Crippen molar-refractivity contribution < 1.29 is 4.79 Å². The van der Waals surface area contributed by atoms with Crippen LogP contribution in [0.5, 0.6) is 0 Å². The number of carbonyl (C=O) groups is 1. The molecule has 2 aromatic heterocycles. The minimum atomic E-state index is -0.367. The Balaban J connectivity index is 1.79. The molecule has 0 saturated carbocycles. The Hall–Kier alpha value is -2.12. The zero-order chi connectivity index (χ0) is 19.7. The van der Waals surface area contributed by atoms with Crippen LogP contribution in [0.3, 0.4) is 0 Å². The molecule has 0 aliphatic carbocycles. The van der Waals surface area contributed by atoms with E-state index in [-0.39, 0.29) is 22.8 Å². The van der Waals surface area contributed by atoms with Gasteiger partial charge in [0.1, 0.15) is 4.83 Å². The third-order valence-corrected chi connectivity index (χ3v) is 6.92. The summed E-state index contributed by atoms with van der Waals surface area (Å²) in [6.45, 7) is 7.74. The largest absolute Gasteiger partial charge is 0.349 e. The van der Waals surface area contributed by atoms with Crippen LogP contribution >= 0.6 is 23.1 Å². The molecule has 7 heteroatoms. The average Bonchev–Trinajstić information content (AvgIpc) is 2.93. The van der Waals surface area contributed by atoms with Crippen LogP contribution in [0.1, 0.15) is 35.9 Å². The van der Waals surface area contributed by atoms with Crippen LogP contribution in [0, 0.1) is 13.8 Å². The number of amides is 1. The highest BCUT2D eigenvalue weighted by atomic mass is 32.2. The molecule has 142 valence electrons. The SMILES string of the molecule is Cc1sc2nc(SC(C)C(=O)NC(C)c3ccccc3)n(C)c(=O)c2c1C. The van der Waals surface area contributed by atoms with E-state index in [0.717, 1.165) is 20.8 Å². The highest BCUT2D eigenvalue weighted by Gasteiger charge is 2.21. The van der Waals surface area contributed by atoms with E-state index >= 15 is 0 Å². The Morgan fingerprint density at radius 1 is 1.22 bits per heavy atom. The third kappa shape index (κ3) is 3.94. The van der Waals surface area contributed by atoms with Gasteiger partial charge in [-0.15, -0.1) is 11.3 Å². The normalized spacial score (nSPS) is 13.5. The van der Waals surface area contributed by atoms with Crippen molar-refractivity contribution in [2.45, 2.75) is 44.1 Å². The molecule has 1 aromatic carbocycles. The van der Waals surface area contributed by atoms with Crippen molar-refractivity contribution in [1.29, 1.82) is 0 Å². The monoisotopic (exact) mass is 401 g/mol. The van der Waals surface area contributed by atoms with Gasteiger partial charge in [0.15, 0.2) is 5.16 Å². The van der Waals surface area contributed by atoms with Gasteiger partial charge in [-0.3, -0.25) is 14.2 Å². The van der Waals surface area contributed by atoms with Crippen molar-refractivity contribution in [3.63, 3.8) is 0 Å². The van der Waals surface area contributed by atoms with Crippen molar-refractivity contribution >= 4 is 39.2 Å². The Labute approximate surface area is 166 Å². The number of fused-ring (bicyclic) bond motifs is 1. The molecule has 1 N–H and O–H groups in total. The second kappa shape index (κ2) is 7.86. The van der Waals surface area contributed by atoms with Gasteiger partial charge in [-0.2, -0.15) is 0 Å². The number of rotatable bonds is 5. The van der Waals surface area contributed by atoms with Gasteiger partial charge in [0, 0.05) is 11.9 Å². The van der Waals surface area contributed by atoms with Crippen molar-refractivity contribution in [2.24, 2.45) is 7.05 Å². The predicted molar refractivity (Wildman–Crippen MR) is 113 cm³/mol. The summed E-state index contributed by atoms with van der Waals surface area (Å²) in [5.41, 5.74) is 1.98. The maximum atomic E-state index is 12.7. The first-order valence-electron chi connectivity index (χ1n) is 8.78. The zero-order valence-electron chi connectivity index (χ0n) is 16.1. The van der Waals surface area contributed by atoms with Crippen LogP contribution in [0.2, 0.25) is 0 Å². The standard InChI is InChI=1S/C20H23N3O2S2/c1-11-13(3)26-18-16(11)19(25)23(5)20(22-18)27-14(4)17(24)21-12(2)15-9-7-6-8-10-15/h6-10,12,14H,1-5H3,(H,21,24). The van der Waals surface area contributed by atoms with Crippen molar-refractivity contribution in [1.82, 2.24) is 14.9 Å². The van der Waals surface area contributed by atoms with Crippen LogP contribution in [-0.2, 0) is 11.8 Å². The summed E-state index contributed by atoms with van der Waals surface area (Å²) >= 11 is 2.83. The fourth-order valence-corrected chi connectivity index (χ4v) is 4.78. The Kier molecular flexibility index (Phi) is 5.72. The van der Waals surface area contributed by atoms with Gasteiger partial charge in [0.25, 0.3) is 5.56 Å². The van der Waals surface area contributed by atoms with Gasteiger partial charge in [-0.05, 0) is 38.8 Å². The second-order valence-electron chi connectivity index (χ2n) is 6.62. The molecule has 0 bridgehead atoms. The number of hydrogen-bond donors (Lipinski definition) is 1. The summed E-state index contributed by atoms with van der Waals surface area (Å²) in [5, 5.41) is 3.90. The molecule has 5 nitrogen and oxygen atoms in total. The molecule has 27 heavy (non-hydrogen) atoms. The van der Waals surface area contributed by atoms with E-state index < -0.39 is 0 Å². The average molecular weight is 402 g/mol. The van der Waals surface area contributed by atoms with E-state index in [4.69, 9.17) is 0 Å². The van der Waals surface area contributed by atoms with Gasteiger partial charge in [0.2, 0.25) is 5.91 Å². The van der Waals surface area contributed by atoms with Crippen LogP contribution in [-0.4, -0.2) is 20.7 Å². The second-order valence-corrected chi connectivity index (χ2v) is 9.13. The molecule has 0 aliphatic rings. The third-order valence-electron chi connectivity index (χ3n) is 4.68. The summed E-state index contributed by atoms with van der Waals surface area (Å²) < 4.78 is 1.54. The Morgan fingerprint density at radius 3 is 2.56 bits per heavy atom. The number of nitrogens with zero attached hydrogens (tertiary/aromatic N) is 2. The molecule has 2 unspecified atom stereocenters. The fourth-order valence-electron chi connectivity index (χ4n) is 2.83. The molecular weight excluding hydrogens is 378 g/mol. The van der Waals surface area contributed by atoms with Crippen LogP contribution in [0.15, 0.2) is 40.3 Å². The highest BCUT2D eigenvalue weighted by Crippen LogP contribution is 2.29. The first-order chi connectivity index (χ1) is 12.8. The minimum Gasteiger partial charge on any atom is -0.349 e. The van der Waals surface area contributed by atoms with Crippen LogP contribution in [0.25, 0.3) is 10.2 Å². The summed E-state index contributed by atoms with van der Waals surface area (Å²) in [5.74, 6) is -0.0794. The molecule has 2 heterocycles. The van der Waals surface area contributed by atoms with Crippen molar-refractivity contribution in [3.8, 4) is 0 Å². The number of aryl methyl sites for hydroxylation is 2. The first-order valence-corrected chi connectivity index (χ1v) is 10.5. The van der Waals surface area contributed by atoms with Gasteiger partial charge in [-0.1, -0.05) is 42.1 Å². The summed E-state index contributed by atoms with van der Waals surface area (Å²) in [7, 11) is 1.71. The van der Waals surface area contributed by atoms with Crippen molar-refractivity contribution in [2.75, 3.05) is 0 Å². The van der Waals surface area contributed by atoms with E-state index in [2.05, 4.69) is 10.3 Å². The molecule has 0 radical (unpaired) electrons. The number of thioether (sulfide) groups is 1. The van der Waals surface area contributed by atoms with E-state index in [1.807, 2.05) is 58.0 Å². The topological polar surface area (TPSA) is 64.0 Å². The quantitative estimate of drug-likeness (QED) is 0.519. The fraction of sp³-hybridized carbons (Fsp3) is 0.350. The summed E-state index contributed by atoms with van der Waals surface area (Å²) in [4.78, 5) is 31.8. The lowest BCUT2D eigenvalue weighted by Gasteiger charge is -2.18. The summed E-state index contributed by atoms with van der Waals surface area (Å²) in [6.07, 6.45) is 0. The van der Waals surface area contributed by atoms with Crippen molar-refractivity contribution in [3.05, 3.63) is 56.7 Å². The number of hydrogen-bond acceptors (Lipinski definition) is 5. The first kappa shape index (κ1) is 19.6. The molecule has 0 fully saturated rings. The Morgan fingerprint density at radius 2 is 1.89 bits per heavy atom. The number of benzene rings is 1. The predicted octanol–water partition coefficient (Wildman–Crippen LogP) is 3.97. The lowest BCUT2D eigenvalue weighted by molar-refractivity contribution is -0.120. The number of aromatic nitrogens is 2. The number of carbonyl (C=O) groups excluding carboxylic acids is 1. The van der Waals surface area contributed by atoms with E-state index in [1.165, 1.54) is 27.7 Å². The van der Waals surface area contributed by atoms with E-state index in [1.54, 1.807) is 7.05 Å². The zero-order valence-corrected chi connectivity index (χ0v) is 17.7. The number of thiophene rings is 1. The maximum absolute atomic E-state index is 12.7. The molecule has 2 atom stereocenters.